The fourth-order valence-electron chi connectivity index (χ4n) is 3.84. The van der Waals surface area contributed by atoms with Crippen molar-refractivity contribution >= 4 is 46.8 Å². The van der Waals surface area contributed by atoms with Gasteiger partial charge in [0, 0.05) is 54.9 Å². The molecule has 1 saturated heterocycles. The van der Waals surface area contributed by atoms with Crippen molar-refractivity contribution in [2.75, 3.05) is 30.3 Å². The summed E-state index contributed by atoms with van der Waals surface area (Å²) in [6.07, 6.45) is 7.73. The van der Waals surface area contributed by atoms with Gasteiger partial charge in [-0.15, -0.1) is 24.2 Å². The molecular weight excluding hydrogens is 382 g/mol. The number of rotatable bonds is 2. The lowest BCUT2D eigenvalue weighted by Crippen LogP contribution is -2.54. The van der Waals surface area contributed by atoms with Crippen molar-refractivity contribution in [1.82, 2.24) is 14.9 Å². The molecule has 0 spiro atoms. The van der Waals surface area contributed by atoms with Crippen LogP contribution in [0, 0.1) is 6.92 Å². The number of aromatic nitrogens is 2. The van der Waals surface area contributed by atoms with Crippen LogP contribution in [0.1, 0.15) is 25.3 Å². The van der Waals surface area contributed by atoms with Crippen molar-refractivity contribution in [3.05, 3.63) is 35.1 Å². The third-order valence-corrected chi connectivity index (χ3v) is 6.12. The summed E-state index contributed by atoms with van der Waals surface area (Å²) >= 11 is 1.64. The molecule has 0 unspecified atom stereocenters. The Morgan fingerprint density at radius 3 is 3.00 bits per heavy atom. The second-order valence-electron chi connectivity index (χ2n) is 7.54. The highest BCUT2D eigenvalue weighted by atomic mass is 35.5. The maximum Gasteiger partial charge on any atom is 0.261 e. The number of carbonyl (C=O) groups is 1. The Labute approximate surface area is 170 Å². The molecule has 1 fully saturated rings. The molecule has 8 heteroatoms. The van der Waals surface area contributed by atoms with Gasteiger partial charge in [0.2, 0.25) is 0 Å². The van der Waals surface area contributed by atoms with Crippen LogP contribution in [0.5, 0.6) is 0 Å². The van der Waals surface area contributed by atoms with Crippen molar-refractivity contribution in [2.24, 2.45) is 5.73 Å². The number of H-pyrrole nitrogens is 1. The number of thioether (sulfide) groups is 1. The van der Waals surface area contributed by atoms with E-state index in [0.29, 0.717) is 6.54 Å². The molecule has 2 aliphatic rings. The predicted molar refractivity (Wildman–Crippen MR) is 114 cm³/mol. The lowest BCUT2D eigenvalue weighted by Gasteiger charge is -2.38. The molecular formula is C19H26ClN5OS. The van der Waals surface area contributed by atoms with Crippen LogP contribution in [-0.4, -0.2) is 51.7 Å². The molecule has 146 valence electrons. The number of anilines is 1. The minimum absolute atomic E-state index is 0. The summed E-state index contributed by atoms with van der Waals surface area (Å²) in [6, 6.07) is 2.02. The lowest BCUT2D eigenvalue weighted by atomic mass is 9.92. The first kappa shape index (κ1) is 20.0. The van der Waals surface area contributed by atoms with Crippen molar-refractivity contribution in [3.8, 4) is 0 Å². The normalized spacial score (nSPS) is 23.1. The van der Waals surface area contributed by atoms with Gasteiger partial charge in [-0.25, -0.2) is 4.98 Å². The van der Waals surface area contributed by atoms with Crippen molar-refractivity contribution in [1.29, 1.82) is 0 Å². The van der Waals surface area contributed by atoms with E-state index in [1.54, 1.807) is 11.8 Å². The summed E-state index contributed by atoms with van der Waals surface area (Å²) in [7, 11) is 0. The summed E-state index contributed by atoms with van der Waals surface area (Å²) in [5.74, 6) is 0.991. The van der Waals surface area contributed by atoms with Gasteiger partial charge in [0.25, 0.3) is 5.91 Å². The summed E-state index contributed by atoms with van der Waals surface area (Å²) in [5, 5.41) is 1.12. The Bertz CT molecular complexity index is 878. The molecule has 0 aliphatic carbocycles. The first-order valence-electron chi connectivity index (χ1n) is 9.07. The Balaban J connectivity index is 0.00000210. The molecule has 4 rings (SSSR count). The van der Waals surface area contributed by atoms with Gasteiger partial charge in [-0.05, 0) is 38.3 Å². The Hall–Kier alpha value is -1.70. The summed E-state index contributed by atoms with van der Waals surface area (Å²) in [4.78, 5) is 25.5. The summed E-state index contributed by atoms with van der Waals surface area (Å²) in [5.41, 5.74) is 9.14. The predicted octanol–water partition coefficient (Wildman–Crippen LogP) is 3.03. The fraction of sp³-hybridized carbons (Fsp3) is 0.474. The van der Waals surface area contributed by atoms with E-state index in [2.05, 4.69) is 21.8 Å². The molecule has 1 atom stereocenters. The zero-order valence-corrected chi connectivity index (χ0v) is 17.3. The number of pyridine rings is 1. The number of nitrogens with two attached hydrogens (primary N) is 1. The average molecular weight is 408 g/mol. The van der Waals surface area contributed by atoms with E-state index in [4.69, 9.17) is 5.73 Å². The first-order valence-corrected chi connectivity index (χ1v) is 10.1. The number of likely N-dealkylation sites (tertiary alicyclic amines) is 1. The largest absolute Gasteiger partial charge is 0.346 e. The number of carbonyl (C=O) groups excluding carboxylic acids is 1. The van der Waals surface area contributed by atoms with E-state index in [-0.39, 0.29) is 23.9 Å². The quantitative estimate of drug-likeness (QED) is 0.799. The van der Waals surface area contributed by atoms with E-state index in [9.17, 15) is 4.79 Å². The van der Waals surface area contributed by atoms with Gasteiger partial charge in [-0.3, -0.25) is 4.79 Å². The summed E-state index contributed by atoms with van der Waals surface area (Å²) in [6.45, 7) is 6.40. The number of nitrogens with zero attached hydrogens (tertiary/aromatic N) is 3. The van der Waals surface area contributed by atoms with Crippen LogP contribution in [-0.2, 0) is 4.79 Å². The van der Waals surface area contributed by atoms with E-state index < -0.39 is 0 Å². The smallest absolute Gasteiger partial charge is 0.261 e. The van der Waals surface area contributed by atoms with E-state index in [1.165, 1.54) is 0 Å². The Morgan fingerprint density at radius 1 is 1.41 bits per heavy atom. The zero-order valence-electron chi connectivity index (χ0n) is 15.7. The third-order valence-electron chi connectivity index (χ3n) is 5.15. The number of piperidine rings is 1. The third kappa shape index (κ3) is 3.95. The molecule has 0 radical (unpaired) electrons. The molecule has 0 bridgehead atoms. The highest BCUT2D eigenvalue weighted by Crippen LogP contribution is 2.33. The second kappa shape index (κ2) is 7.73. The summed E-state index contributed by atoms with van der Waals surface area (Å²) < 4.78 is 0. The van der Waals surface area contributed by atoms with Crippen LogP contribution in [0.4, 0.5) is 5.69 Å². The zero-order chi connectivity index (χ0) is 18.3. The monoisotopic (exact) mass is 407 g/mol. The Kier molecular flexibility index (Phi) is 5.74. The highest BCUT2D eigenvalue weighted by molar-refractivity contribution is 8.04. The van der Waals surface area contributed by atoms with Crippen LogP contribution in [0.3, 0.4) is 0 Å². The number of hydrogen-bond donors (Lipinski definition) is 2. The van der Waals surface area contributed by atoms with Crippen LogP contribution in [0.2, 0.25) is 0 Å². The van der Waals surface area contributed by atoms with Gasteiger partial charge >= 0.3 is 0 Å². The van der Waals surface area contributed by atoms with Gasteiger partial charge < -0.3 is 20.5 Å². The van der Waals surface area contributed by atoms with E-state index in [0.717, 1.165) is 58.9 Å². The molecule has 6 nitrogen and oxygen atoms in total. The van der Waals surface area contributed by atoms with Crippen LogP contribution >= 0.6 is 24.2 Å². The molecule has 2 aromatic rings. The minimum Gasteiger partial charge on any atom is -0.346 e. The topological polar surface area (TPSA) is 78.2 Å². The highest BCUT2D eigenvalue weighted by Gasteiger charge is 2.32. The number of amides is 1. The van der Waals surface area contributed by atoms with E-state index >= 15 is 0 Å². The molecule has 4 heterocycles. The average Bonchev–Trinajstić information content (AvgIpc) is 3.02. The SMILES string of the molecule is Cc1c[nH]c2nccc(N3C=C(C(=O)N4CCC[C@@](C)(N)C4)SCC3)c12.Cl. The molecule has 3 N–H and O–H groups in total. The van der Waals surface area contributed by atoms with E-state index in [1.807, 2.05) is 36.5 Å². The van der Waals surface area contributed by atoms with Gasteiger partial charge in [0.15, 0.2) is 0 Å². The fourth-order valence-corrected chi connectivity index (χ4v) is 4.80. The molecule has 2 aliphatic heterocycles. The van der Waals surface area contributed by atoms with Crippen LogP contribution in [0.15, 0.2) is 29.6 Å². The molecule has 2 aromatic heterocycles. The van der Waals surface area contributed by atoms with Crippen molar-refractivity contribution in [2.45, 2.75) is 32.2 Å². The lowest BCUT2D eigenvalue weighted by molar-refractivity contribution is -0.128. The second-order valence-corrected chi connectivity index (χ2v) is 8.68. The molecule has 1 amide bonds. The number of halogens is 1. The molecule has 27 heavy (non-hydrogen) atoms. The number of hydrogen-bond acceptors (Lipinski definition) is 5. The van der Waals surface area contributed by atoms with Gasteiger partial charge in [0.05, 0.1) is 10.6 Å². The van der Waals surface area contributed by atoms with Crippen LogP contribution in [0.25, 0.3) is 11.0 Å². The number of nitrogens with one attached hydrogen (secondary N) is 1. The number of aromatic amines is 1. The van der Waals surface area contributed by atoms with Crippen LogP contribution < -0.4 is 10.6 Å². The molecule has 0 saturated carbocycles. The van der Waals surface area contributed by atoms with Crippen molar-refractivity contribution < 1.29 is 4.79 Å². The van der Waals surface area contributed by atoms with Crippen molar-refractivity contribution in [3.63, 3.8) is 0 Å². The standard InChI is InChI=1S/C19H25N5OS.ClH/c1-13-10-22-17-16(13)14(4-6-21-17)23-8-9-26-15(11-23)18(25)24-7-3-5-19(2,20)12-24;/h4,6,10-11H,3,5,7-9,12,20H2,1-2H3,(H,21,22);1H/t19-;/m1./s1. The van der Waals surface area contributed by atoms with Gasteiger partial charge in [-0.1, -0.05) is 0 Å². The maximum atomic E-state index is 13.0. The number of fused-ring (bicyclic) bond motifs is 1. The number of aryl methyl sites for hydroxylation is 1. The molecule has 0 aromatic carbocycles. The minimum atomic E-state index is -0.285. The van der Waals surface area contributed by atoms with Gasteiger partial charge in [0.1, 0.15) is 5.65 Å². The Morgan fingerprint density at radius 2 is 2.22 bits per heavy atom. The maximum absolute atomic E-state index is 13.0. The first-order chi connectivity index (χ1) is 12.4. The van der Waals surface area contributed by atoms with Gasteiger partial charge in [-0.2, -0.15) is 0 Å².